The number of halogens is 2. The Balaban J connectivity index is 1.76. The summed E-state index contributed by atoms with van der Waals surface area (Å²) >= 11 is 3.16. The molecule has 2 rings (SSSR count). The molecule has 0 spiro atoms. The molecule has 144 valence electrons. The molecule has 2 aromatic carbocycles. The second-order valence-corrected chi connectivity index (χ2v) is 6.86. The van der Waals surface area contributed by atoms with Gasteiger partial charge < -0.3 is 15.4 Å². The molecule has 0 unspecified atom stereocenters. The summed E-state index contributed by atoms with van der Waals surface area (Å²) in [6.07, 6.45) is 0.137. The number of amides is 2. The Bertz CT molecular complexity index is 817. The van der Waals surface area contributed by atoms with E-state index < -0.39 is 5.82 Å². The summed E-state index contributed by atoms with van der Waals surface area (Å²) < 4.78 is 19.4. The van der Waals surface area contributed by atoms with Gasteiger partial charge in [0.05, 0.1) is 19.3 Å². The molecular formula is C19H21BrFN3O3. The molecule has 0 saturated carbocycles. The first kappa shape index (κ1) is 20.9. The maximum absolute atomic E-state index is 13.7. The molecule has 0 bridgehead atoms. The van der Waals surface area contributed by atoms with E-state index in [0.29, 0.717) is 22.5 Å². The first-order valence-corrected chi connectivity index (χ1v) is 9.04. The van der Waals surface area contributed by atoms with E-state index in [1.165, 1.54) is 12.1 Å². The Kier molecular flexibility index (Phi) is 7.75. The molecule has 2 N–H and O–H groups in total. The van der Waals surface area contributed by atoms with Crippen LogP contribution in [0, 0.1) is 5.82 Å². The zero-order chi connectivity index (χ0) is 19.8. The van der Waals surface area contributed by atoms with Crippen molar-refractivity contribution >= 4 is 39.1 Å². The summed E-state index contributed by atoms with van der Waals surface area (Å²) in [5.74, 6) is -0.386. The number of likely N-dealkylation sites (N-methyl/N-ethyl adjacent to an activating group) is 1. The molecule has 6 nitrogen and oxygen atoms in total. The molecule has 8 heteroatoms. The van der Waals surface area contributed by atoms with E-state index in [0.717, 1.165) is 0 Å². The van der Waals surface area contributed by atoms with E-state index >= 15 is 0 Å². The van der Waals surface area contributed by atoms with Gasteiger partial charge in [0.2, 0.25) is 11.8 Å². The van der Waals surface area contributed by atoms with Gasteiger partial charge in [-0.1, -0.05) is 22.0 Å². The number of methoxy groups -OCH3 is 1. The van der Waals surface area contributed by atoms with E-state index in [9.17, 15) is 14.0 Å². The topological polar surface area (TPSA) is 70.7 Å². The Labute approximate surface area is 165 Å². The van der Waals surface area contributed by atoms with Crippen LogP contribution in [-0.4, -0.2) is 44.0 Å². The Hall–Kier alpha value is -2.45. The Morgan fingerprint density at radius 1 is 1.15 bits per heavy atom. The average molecular weight is 438 g/mol. The fourth-order valence-electron chi connectivity index (χ4n) is 2.32. The van der Waals surface area contributed by atoms with Gasteiger partial charge in [-0.25, -0.2) is 4.39 Å². The molecule has 0 aromatic heterocycles. The van der Waals surface area contributed by atoms with Gasteiger partial charge in [0.1, 0.15) is 11.6 Å². The number of nitrogens with one attached hydrogen (secondary N) is 2. The molecule has 0 heterocycles. The van der Waals surface area contributed by atoms with Crippen LogP contribution in [0.5, 0.6) is 5.75 Å². The minimum absolute atomic E-state index is 0.122. The van der Waals surface area contributed by atoms with Gasteiger partial charge in [-0.05, 0) is 37.4 Å². The Morgan fingerprint density at radius 3 is 2.63 bits per heavy atom. The number of carbonyl (C=O) groups is 2. The highest BCUT2D eigenvalue weighted by Gasteiger charge is 2.11. The van der Waals surface area contributed by atoms with Crippen LogP contribution in [0.2, 0.25) is 0 Å². The predicted molar refractivity (Wildman–Crippen MR) is 106 cm³/mol. The van der Waals surface area contributed by atoms with Gasteiger partial charge in [-0.15, -0.1) is 0 Å². The van der Waals surface area contributed by atoms with Gasteiger partial charge in [0.25, 0.3) is 0 Å². The third-order valence-corrected chi connectivity index (χ3v) is 4.19. The van der Waals surface area contributed by atoms with Crippen molar-refractivity contribution in [3.63, 3.8) is 0 Å². The highest BCUT2D eigenvalue weighted by atomic mass is 79.9. The standard InChI is InChI=1S/C19H21BrFN3O3/c1-24(12-19(26)22-14-4-3-5-15(11-14)27-2)9-8-18(25)23-17-7-6-13(20)10-16(17)21/h3-7,10-11H,8-9,12H2,1-2H3,(H,22,26)(H,23,25). The van der Waals surface area contributed by atoms with Gasteiger partial charge in [0.15, 0.2) is 0 Å². The van der Waals surface area contributed by atoms with Crippen molar-refractivity contribution in [1.82, 2.24) is 4.90 Å². The minimum atomic E-state index is -0.510. The number of benzene rings is 2. The van der Waals surface area contributed by atoms with E-state index in [2.05, 4.69) is 26.6 Å². The highest BCUT2D eigenvalue weighted by molar-refractivity contribution is 9.10. The van der Waals surface area contributed by atoms with E-state index in [4.69, 9.17) is 4.74 Å². The van der Waals surface area contributed by atoms with Gasteiger partial charge in [0, 0.05) is 29.2 Å². The minimum Gasteiger partial charge on any atom is -0.497 e. The number of nitrogens with zero attached hydrogens (tertiary/aromatic N) is 1. The van der Waals surface area contributed by atoms with Crippen LogP contribution in [0.15, 0.2) is 46.9 Å². The summed E-state index contributed by atoms with van der Waals surface area (Å²) in [5.41, 5.74) is 0.762. The lowest BCUT2D eigenvalue weighted by atomic mass is 10.3. The summed E-state index contributed by atoms with van der Waals surface area (Å²) in [4.78, 5) is 25.8. The zero-order valence-corrected chi connectivity index (χ0v) is 16.7. The molecule has 2 aromatic rings. The van der Waals surface area contributed by atoms with Crippen LogP contribution >= 0.6 is 15.9 Å². The van der Waals surface area contributed by atoms with E-state index in [-0.39, 0.29) is 30.5 Å². The quantitative estimate of drug-likeness (QED) is 0.662. The Morgan fingerprint density at radius 2 is 1.93 bits per heavy atom. The molecule has 0 aliphatic rings. The SMILES string of the molecule is COc1cccc(NC(=O)CN(C)CCC(=O)Nc2ccc(Br)cc2F)c1. The molecular weight excluding hydrogens is 417 g/mol. The van der Waals surface area contributed by atoms with Crippen LogP contribution in [0.4, 0.5) is 15.8 Å². The smallest absolute Gasteiger partial charge is 0.238 e. The van der Waals surface area contributed by atoms with Gasteiger partial charge in [-0.3, -0.25) is 14.5 Å². The summed E-state index contributed by atoms with van der Waals surface area (Å²) in [7, 11) is 3.29. The van der Waals surface area contributed by atoms with Crippen molar-refractivity contribution in [2.24, 2.45) is 0 Å². The first-order chi connectivity index (χ1) is 12.9. The van der Waals surface area contributed by atoms with Crippen molar-refractivity contribution in [1.29, 1.82) is 0 Å². The maximum Gasteiger partial charge on any atom is 0.238 e. The van der Waals surface area contributed by atoms with Crippen LogP contribution in [0.25, 0.3) is 0 Å². The van der Waals surface area contributed by atoms with Crippen molar-refractivity contribution in [2.75, 3.05) is 37.9 Å². The number of hydrogen-bond donors (Lipinski definition) is 2. The average Bonchev–Trinajstić information content (AvgIpc) is 2.62. The maximum atomic E-state index is 13.7. The van der Waals surface area contributed by atoms with Crippen LogP contribution in [-0.2, 0) is 9.59 Å². The summed E-state index contributed by atoms with van der Waals surface area (Å²) in [6, 6.07) is 11.5. The van der Waals surface area contributed by atoms with Crippen molar-refractivity contribution in [3.05, 3.63) is 52.8 Å². The number of hydrogen-bond acceptors (Lipinski definition) is 4. The first-order valence-electron chi connectivity index (χ1n) is 8.24. The number of carbonyl (C=O) groups excluding carboxylic acids is 2. The van der Waals surface area contributed by atoms with Crippen LogP contribution in [0.3, 0.4) is 0 Å². The van der Waals surface area contributed by atoms with E-state index in [1.54, 1.807) is 49.4 Å². The zero-order valence-electron chi connectivity index (χ0n) is 15.1. The monoisotopic (exact) mass is 437 g/mol. The largest absolute Gasteiger partial charge is 0.497 e. The van der Waals surface area contributed by atoms with E-state index in [1.807, 2.05) is 0 Å². The third-order valence-electron chi connectivity index (χ3n) is 3.69. The highest BCUT2D eigenvalue weighted by Crippen LogP contribution is 2.19. The summed E-state index contributed by atoms with van der Waals surface area (Å²) in [5, 5.41) is 5.30. The lowest BCUT2D eigenvalue weighted by Gasteiger charge is -2.16. The number of ether oxygens (including phenoxy) is 1. The van der Waals surface area contributed by atoms with Crippen molar-refractivity contribution < 1.29 is 18.7 Å². The molecule has 0 aliphatic carbocycles. The van der Waals surface area contributed by atoms with Crippen LogP contribution in [0.1, 0.15) is 6.42 Å². The number of rotatable bonds is 8. The summed E-state index contributed by atoms with van der Waals surface area (Å²) in [6.45, 7) is 0.479. The van der Waals surface area contributed by atoms with Gasteiger partial charge >= 0.3 is 0 Å². The fourth-order valence-corrected chi connectivity index (χ4v) is 2.65. The van der Waals surface area contributed by atoms with Crippen LogP contribution < -0.4 is 15.4 Å². The van der Waals surface area contributed by atoms with Crippen molar-refractivity contribution in [2.45, 2.75) is 6.42 Å². The van der Waals surface area contributed by atoms with Gasteiger partial charge in [-0.2, -0.15) is 0 Å². The molecule has 27 heavy (non-hydrogen) atoms. The molecule has 0 fully saturated rings. The predicted octanol–water partition coefficient (Wildman–Crippen LogP) is 3.50. The molecule has 0 atom stereocenters. The number of anilines is 2. The third kappa shape index (κ3) is 6.99. The fraction of sp³-hybridized carbons (Fsp3) is 0.263. The normalized spacial score (nSPS) is 10.6. The van der Waals surface area contributed by atoms with Crippen molar-refractivity contribution in [3.8, 4) is 5.75 Å². The molecule has 0 radical (unpaired) electrons. The molecule has 0 aliphatic heterocycles. The lowest BCUT2D eigenvalue weighted by molar-refractivity contribution is -0.119. The second kappa shape index (κ2) is 10.0. The molecule has 2 amide bonds. The lowest BCUT2D eigenvalue weighted by Crippen LogP contribution is -2.32. The second-order valence-electron chi connectivity index (χ2n) is 5.94. The molecule has 0 saturated heterocycles.